The number of ether oxygens (including phenoxy) is 3. The van der Waals surface area contributed by atoms with Gasteiger partial charge in [-0.2, -0.15) is 0 Å². The summed E-state index contributed by atoms with van der Waals surface area (Å²) in [5.74, 6) is 1.83. The molecular weight excluding hydrogens is 1310 g/mol. The fourth-order valence-corrected chi connectivity index (χ4v) is 13.9. The molecule has 14 rings (SSSR count). The van der Waals surface area contributed by atoms with E-state index in [-0.39, 0.29) is 155 Å². The molecule has 94 heavy (non-hydrogen) atoms. The number of halogens is 1. The summed E-state index contributed by atoms with van der Waals surface area (Å²) in [5.41, 5.74) is 13.2. The molecule has 6 aromatic rings. The van der Waals surface area contributed by atoms with Crippen LogP contribution in [0.4, 0.5) is 46.3 Å². The topological polar surface area (TPSA) is 423 Å². The summed E-state index contributed by atoms with van der Waals surface area (Å²) in [7, 11) is 4.37. The summed E-state index contributed by atoms with van der Waals surface area (Å²) in [6, 6.07) is 5.04. The first-order valence-electron chi connectivity index (χ1n) is 31.0. The first-order chi connectivity index (χ1) is 44.2. The van der Waals surface area contributed by atoms with Gasteiger partial charge in [0, 0.05) is 11.8 Å². The molecule has 5 fully saturated rings. The molecule has 0 bridgehead atoms. The summed E-state index contributed by atoms with van der Waals surface area (Å²) in [6.45, 7) is 5.51. The molecular formula is C62H76BrKN18O12. The maximum atomic E-state index is 13.6. The van der Waals surface area contributed by atoms with Crippen LogP contribution < -0.4 is 131 Å². The molecule has 9 heterocycles. The third-order valence-corrected chi connectivity index (χ3v) is 18.7. The number of nitrogens with two attached hydrogens (primary N) is 2. The maximum absolute atomic E-state index is 13.6. The molecule has 0 saturated heterocycles. The van der Waals surface area contributed by atoms with Crippen LogP contribution in [0.3, 0.4) is 0 Å². The van der Waals surface area contributed by atoms with Crippen molar-refractivity contribution in [1.82, 2.24) is 59.6 Å². The molecule has 5 saturated carbocycles. The third-order valence-electron chi connectivity index (χ3n) is 18.1. The largest absolute Gasteiger partial charge is 1.00 e. The number of aromatic nitrogens is 9. The first kappa shape index (κ1) is 70.4. The molecule has 8 aliphatic rings. The number of hydrogen-bond acceptors (Lipinski definition) is 22. The van der Waals surface area contributed by atoms with Gasteiger partial charge < -0.3 is 68.4 Å². The van der Waals surface area contributed by atoms with Gasteiger partial charge in [-0.15, -0.1) is 0 Å². The first-order valence-corrected chi connectivity index (χ1v) is 31.7. The molecule has 3 aliphatic heterocycles. The van der Waals surface area contributed by atoms with Crippen LogP contribution in [0.5, 0.6) is 17.2 Å². The number of rotatable bonds is 11. The number of anilines is 8. The third kappa shape index (κ3) is 13.8. The fraction of sp³-hybridized carbons (Fsp3) is 0.484. The van der Waals surface area contributed by atoms with Crippen molar-refractivity contribution in [2.45, 2.75) is 160 Å². The van der Waals surface area contributed by atoms with Crippen molar-refractivity contribution in [1.29, 1.82) is 0 Å². The van der Waals surface area contributed by atoms with Crippen molar-refractivity contribution in [3.8, 4) is 17.2 Å². The van der Waals surface area contributed by atoms with Gasteiger partial charge in [-0.1, -0.05) is 19.3 Å². The average Bonchev–Trinajstić information content (AvgIpc) is 1.58. The molecule has 0 aromatic carbocycles. The fourth-order valence-electron chi connectivity index (χ4n) is 13.4. The van der Waals surface area contributed by atoms with Crippen molar-refractivity contribution < 1.29 is 95.0 Å². The minimum Gasteiger partial charge on any atom is -0.870 e. The normalized spacial score (nSPS) is 17.8. The zero-order valence-electron chi connectivity index (χ0n) is 53.5. The number of amides is 5. The Morgan fingerprint density at radius 3 is 1.16 bits per heavy atom. The summed E-state index contributed by atoms with van der Waals surface area (Å²) in [5, 5.41) is 20.7. The Kier molecular flexibility index (Phi) is 21.7. The van der Waals surface area contributed by atoms with E-state index in [1.54, 1.807) is 31.9 Å². The van der Waals surface area contributed by atoms with E-state index in [1.807, 2.05) is 20.8 Å². The van der Waals surface area contributed by atoms with E-state index in [1.165, 1.54) is 46.7 Å². The number of hydrogen-bond donors (Lipinski definition) is 9. The van der Waals surface area contributed by atoms with E-state index < -0.39 is 17.0 Å². The predicted molar refractivity (Wildman–Crippen MR) is 345 cm³/mol. The SMILES string of the molecule is COc1c(N)ncnc1NC(=O)C1CC1.COc1c(N)ncnc1Nc1cc(C)c2n(c1=O)C1(CCCCC1)NC2=O.COc1c(NC(=O)C2CC2)ncnc1Nc1cc(C)c2n(c1=O)C1(CCCCC1)NC2=O.Cc1cc(Br)c(=O)n2c1C(=O)NC21CCCCC1.[K+].[OH-]. The smallest absolute Gasteiger partial charge is 0.870 e. The minimum absolute atomic E-state index is 0. The van der Waals surface area contributed by atoms with Gasteiger partial charge in [-0.3, -0.25) is 52.1 Å². The second-order valence-corrected chi connectivity index (χ2v) is 25.3. The maximum Gasteiger partial charge on any atom is 1.00 e. The molecule has 12 N–H and O–H groups in total. The Hall–Kier alpha value is -7.88. The van der Waals surface area contributed by atoms with Gasteiger partial charge in [0.15, 0.2) is 34.9 Å². The van der Waals surface area contributed by atoms with Crippen LogP contribution in [0.15, 0.2) is 56.0 Å². The molecule has 30 nitrogen and oxygen atoms in total. The van der Waals surface area contributed by atoms with Crippen LogP contribution in [0, 0.1) is 32.6 Å². The number of fused-ring (bicyclic) bond motifs is 6. The summed E-state index contributed by atoms with van der Waals surface area (Å²) in [4.78, 5) is 124. The molecule has 3 spiro atoms. The van der Waals surface area contributed by atoms with Crippen molar-refractivity contribution in [3.05, 3.63) is 106 Å². The van der Waals surface area contributed by atoms with Crippen molar-refractivity contribution in [2.75, 3.05) is 54.1 Å². The zero-order valence-corrected chi connectivity index (χ0v) is 58.3. The standard InChI is InChI=1S/C22H26N6O4.C18H22N6O3.C13H15BrN2O2.C9H12N4O2.K.H2O/c1-12-10-14(21(31)28-15(12)20(30)27-22(28)8-4-3-5-9-22)25-17-16(32-2)18(24-11-23-17)26-19(29)13-6-7-13;1-10-8-11(22-15-13(27-2)14(19)20-9-21-15)17(26)24-12(10)16(25)23-18(24)6-4-3-5-7-18;1-8-7-9(14)12(18)16-10(8)11(17)15-13(16)5-3-2-4-6-13;1-15-6-7(10)11-4-12-8(6)13-9(14)5-2-3-5;;/h10-11,13H,3-9H2,1-2H3,(H,27,30)(H2,23,24,25,26,29);8-9H,3-7H2,1-2H3,(H,23,25)(H3,19,20,21,22);7H,2-6H2,1H3,(H,15,17);4-5H,2-3H2,1H3,(H3,10,11,12,13,14);;1H2/q;;;;+1;/p-1. The van der Waals surface area contributed by atoms with Crippen molar-refractivity contribution in [3.63, 3.8) is 0 Å². The molecule has 6 aromatic heterocycles. The quantitative estimate of drug-likeness (QED) is 0.0837. The van der Waals surface area contributed by atoms with Crippen LogP contribution in [-0.4, -0.2) is 99.9 Å². The monoisotopic (exact) mass is 1380 g/mol. The Morgan fingerprint density at radius 1 is 0.489 bits per heavy atom. The van der Waals surface area contributed by atoms with Gasteiger partial charge in [0.05, 0.1) is 25.8 Å². The van der Waals surface area contributed by atoms with E-state index >= 15 is 0 Å². The second-order valence-electron chi connectivity index (χ2n) is 24.4. The van der Waals surface area contributed by atoms with E-state index in [0.717, 1.165) is 127 Å². The van der Waals surface area contributed by atoms with E-state index in [9.17, 15) is 38.4 Å². The van der Waals surface area contributed by atoms with Crippen LogP contribution in [0.1, 0.15) is 170 Å². The van der Waals surface area contributed by atoms with Crippen molar-refractivity contribution in [2.24, 2.45) is 11.8 Å². The zero-order chi connectivity index (χ0) is 65.4. The van der Waals surface area contributed by atoms with Gasteiger partial charge in [-0.05, 0) is 174 Å². The Bertz CT molecular complexity index is 4140. The predicted octanol–water partition coefficient (Wildman–Crippen LogP) is 3.57. The number of nitrogens with zero attached hydrogens (tertiary/aromatic N) is 9. The van der Waals surface area contributed by atoms with E-state index in [0.29, 0.717) is 50.2 Å². The number of pyridine rings is 3. The van der Waals surface area contributed by atoms with Gasteiger partial charge in [0.25, 0.3) is 34.4 Å². The molecule has 5 aliphatic carbocycles. The van der Waals surface area contributed by atoms with E-state index in [4.69, 9.17) is 25.7 Å². The number of nitrogen functional groups attached to an aromatic ring is 2. The number of nitrogens with one attached hydrogen (secondary N) is 7. The van der Waals surface area contributed by atoms with Gasteiger partial charge in [-0.25, -0.2) is 29.9 Å². The summed E-state index contributed by atoms with van der Waals surface area (Å²) >= 11 is 3.30. The minimum atomic E-state index is -0.677. The Labute approximate surface area is 590 Å². The number of methoxy groups -OCH3 is 3. The second kappa shape index (κ2) is 29.0. The molecule has 32 heteroatoms. The van der Waals surface area contributed by atoms with E-state index in [2.05, 4.69) is 83.1 Å². The molecule has 494 valence electrons. The number of aryl methyl sites for hydroxylation is 3. The van der Waals surface area contributed by atoms with Crippen LogP contribution in [0.2, 0.25) is 0 Å². The van der Waals surface area contributed by atoms with Crippen LogP contribution in [0.25, 0.3) is 0 Å². The average molecular weight is 1380 g/mol. The van der Waals surface area contributed by atoms with Crippen molar-refractivity contribution >= 4 is 91.7 Å². The van der Waals surface area contributed by atoms with Gasteiger partial charge >= 0.3 is 51.4 Å². The summed E-state index contributed by atoms with van der Waals surface area (Å²) < 4.78 is 21.2. The number of carbonyl (C=O) groups excluding carboxylic acids is 5. The molecule has 0 radical (unpaired) electrons. The molecule has 0 atom stereocenters. The number of carbonyl (C=O) groups is 5. The molecule has 5 amide bonds. The van der Waals surface area contributed by atoms with Crippen LogP contribution >= 0.6 is 15.9 Å². The van der Waals surface area contributed by atoms with Gasteiger partial charge in [0.1, 0.15) is 64.4 Å². The summed E-state index contributed by atoms with van der Waals surface area (Å²) in [6.07, 6.45) is 21.5. The Balaban J connectivity index is 0.000000152. The molecule has 0 unspecified atom stereocenters. The Morgan fingerprint density at radius 2 is 0.798 bits per heavy atom. The van der Waals surface area contributed by atoms with Crippen LogP contribution in [-0.2, 0) is 26.6 Å². The van der Waals surface area contributed by atoms with Gasteiger partial charge in [0.2, 0.25) is 29.1 Å².